The Balaban J connectivity index is 1.33. The van der Waals surface area contributed by atoms with Crippen molar-refractivity contribution in [1.29, 1.82) is 0 Å². The van der Waals surface area contributed by atoms with E-state index in [0.717, 1.165) is 50.1 Å². The number of pyridine rings is 1. The molecule has 2 N–H and O–H groups in total. The summed E-state index contributed by atoms with van der Waals surface area (Å²) in [4.78, 5) is 19.6. The van der Waals surface area contributed by atoms with Crippen LogP contribution in [0.4, 0.5) is 5.82 Å². The van der Waals surface area contributed by atoms with Crippen molar-refractivity contribution >= 4 is 21.7 Å². The summed E-state index contributed by atoms with van der Waals surface area (Å²) in [7, 11) is -4.13. The average Bonchev–Trinajstić information content (AvgIpc) is 3.66. The number of aromatic nitrogens is 1. The summed E-state index contributed by atoms with van der Waals surface area (Å²) in [6.07, 6.45) is 6.85. The van der Waals surface area contributed by atoms with Crippen molar-refractivity contribution in [3.63, 3.8) is 0 Å². The largest absolute Gasteiger partial charge is 0.477 e. The van der Waals surface area contributed by atoms with E-state index in [1.807, 2.05) is 17.9 Å². The number of carbonyl (C=O) groups is 1. The molecule has 0 spiro atoms. The molecule has 0 bridgehead atoms. The lowest BCUT2D eigenvalue weighted by atomic mass is 9.83. The molecule has 2 aliphatic carbocycles. The van der Waals surface area contributed by atoms with Gasteiger partial charge in [0.25, 0.3) is 15.9 Å². The number of hydrogen-bond donors (Lipinski definition) is 2. The molecule has 2 aromatic rings. The van der Waals surface area contributed by atoms with Crippen LogP contribution >= 0.6 is 0 Å². The van der Waals surface area contributed by atoms with Gasteiger partial charge in [-0.2, -0.15) is 8.42 Å². The average molecular weight is 499 g/mol. The standard InChI is InChI=1S/C26H34N4O4S/c1-19-10-11-21(20-6-3-2-4-7-20)22(18-19)34-26(12-13-26)25(31)29-35(32,33)24-9-5-8-23(28-24)30-16-14-27-15-17-30/h5,8-11,18,20,27H,2-4,6-7,12-17H2,1H3,(H,29,31). The third-order valence-corrected chi connectivity index (χ3v) is 8.52. The van der Waals surface area contributed by atoms with Gasteiger partial charge in [0.15, 0.2) is 10.6 Å². The van der Waals surface area contributed by atoms with Crippen molar-refractivity contribution in [2.24, 2.45) is 0 Å². The van der Waals surface area contributed by atoms with Crippen LogP contribution in [0.3, 0.4) is 0 Å². The first kappa shape index (κ1) is 24.1. The molecule has 1 saturated heterocycles. The second-order valence-electron chi connectivity index (χ2n) is 9.98. The Bertz CT molecular complexity index is 1180. The molecule has 3 fully saturated rings. The van der Waals surface area contributed by atoms with Crippen LogP contribution in [-0.4, -0.2) is 51.1 Å². The number of anilines is 1. The Morgan fingerprint density at radius 1 is 1.11 bits per heavy atom. The van der Waals surface area contributed by atoms with E-state index in [9.17, 15) is 13.2 Å². The molecule has 2 heterocycles. The molecular weight excluding hydrogens is 464 g/mol. The molecule has 3 aliphatic rings. The van der Waals surface area contributed by atoms with Crippen molar-refractivity contribution in [3.05, 3.63) is 47.5 Å². The molecule has 1 aliphatic heterocycles. The number of aryl methyl sites for hydroxylation is 1. The van der Waals surface area contributed by atoms with Gasteiger partial charge in [-0.15, -0.1) is 0 Å². The van der Waals surface area contributed by atoms with E-state index in [1.54, 1.807) is 12.1 Å². The smallest absolute Gasteiger partial charge is 0.281 e. The number of sulfonamides is 1. The van der Waals surface area contributed by atoms with Crippen LogP contribution < -0.4 is 19.7 Å². The van der Waals surface area contributed by atoms with Crippen LogP contribution in [0.25, 0.3) is 0 Å². The first-order valence-electron chi connectivity index (χ1n) is 12.7. The third kappa shape index (κ3) is 5.30. The fraction of sp³-hybridized carbons (Fsp3) is 0.538. The van der Waals surface area contributed by atoms with Gasteiger partial charge in [0.1, 0.15) is 11.6 Å². The van der Waals surface area contributed by atoms with Gasteiger partial charge in [0.05, 0.1) is 0 Å². The van der Waals surface area contributed by atoms with Crippen LogP contribution in [0.15, 0.2) is 41.4 Å². The number of benzene rings is 1. The summed E-state index contributed by atoms with van der Waals surface area (Å²) in [6.45, 7) is 5.13. The van der Waals surface area contributed by atoms with Crippen LogP contribution in [0.2, 0.25) is 0 Å². The van der Waals surface area contributed by atoms with Gasteiger partial charge in [-0.3, -0.25) is 4.79 Å². The second-order valence-corrected chi connectivity index (χ2v) is 11.6. The van der Waals surface area contributed by atoms with E-state index < -0.39 is 21.5 Å². The maximum Gasteiger partial charge on any atom is 0.281 e. The first-order valence-corrected chi connectivity index (χ1v) is 14.1. The lowest BCUT2D eigenvalue weighted by Gasteiger charge is -2.28. The van der Waals surface area contributed by atoms with Crippen LogP contribution in [0.5, 0.6) is 5.75 Å². The Kier molecular flexibility index (Phi) is 6.72. The molecule has 35 heavy (non-hydrogen) atoms. The van der Waals surface area contributed by atoms with Gasteiger partial charge in [-0.1, -0.05) is 37.5 Å². The minimum absolute atomic E-state index is 0.156. The Labute approximate surface area is 207 Å². The molecule has 2 saturated carbocycles. The molecule has 0 atom stereocenters. The normalized spacial score (nSPS) is 20.3. The summed E-state index contributed by atoms with van der Waals surface area (Å²) >= 11 is 0. The zero-order chi connectivity index (χ0) is 24.5. The van der Waals surface area contributed by atoms with Crippen LogP contribution in [0.1, 0.15) is 62.0 Å². The van der Waals surface area contributed by atoms with E-state index in [2.05, 4.69) is 27.2 Å². The number of carbonyl (C=O) groups excluding carboxylic acids is 1. The number of hydrogen-bond acceptors (Lipinski definition) is 7. The number of nitrogens with one attached hydrogen (secondary N) is 2. The van der Waals surface area contributed by atoms with Gasteiger partial charge in [-0.25, -0.2) is 9.71 Å². The van der Waals surface area contributed by atoms with E-state index in [0.29, 0.717) is 30.3 Å². The molecule has 8 nitrogen and oxygen atoms in total. The number of amides is 1. The van der Waals surface area contributed by atoms with Crippen LogP contribution in [0, 0.1) is 6.92 Å². The summed E-state index contributed by atoms with van der Waals surface area (Å²) in [5.41, 5.74) is 1.03. The summed E-state index contributed by atoms with van der Waals surface area (Å²) in [6, 6.07) is 11.0. The lowest BCUT2D eigenvalue weighted by Crippen LogP contribution is -2.45. The molecule has 188 valence electrons. The monoisotopic (exact) mass is 498 g/mol. The van der Waals surface area contributed by atoms with E-state index >= 15 is 0 Å². The Hall–Kier alpha value is -2.65. The maximum atomic E-state index is 13.2. The zero-order valence-electron chi connectivity index (χ0n) is 20.3. The Morgan fingerprint density at radius 3 is 2.57 bits per heavy atom. The molecule has 0 radical (unpaired) electrons. The zero-order valence-corrected chi connectivity index (χ0v) is 21.1. The van der Waals surface area contributed by atoms with Gasteiger partial charge >= 0.3 is 0 Å². The van der Waals surface area contributed by atoms with Crippen molar-refractivity contribution < 1.29 is 17.9 Å². The predicted molar refractivity (Wildman–Crippen MR) is 134 cm³/mol. The third-order valence-electron chi connectivity index (χ3n) is 7.29. The number of piperazine rings is 1. The van der Waals surface area contributed by atoms with Gasteiger partial charge in [-0.05, 0) is 55.0 Å². The molecule has 1 amide bonds. The summed E-state index contributed by atoms with van der Waals surface area (Å²) in [5.74, 6) is 1.10. The predicted octanol–water partition coefficient (Wildman–Crippen LogP) is 3.26. The summed E-state index contributed by atoms with van der Waals surface area (Å²) < 4.78 is 34.8. The van der Waals surface area contributed by atoms with Gasteiger partial charge < -0.3 is 15.0 Å². The second kappa shape index (κ2) is 9.78. The van der Waals surface area contributed by atoms with Gasteiger partial charge in [0.2, 0.25) is 0 Å². The van der Waals surface area contributed by atoms with Crippen LogP contribution in [-0.2, 0) is 14.8 Å². The summed E-state index contributed by atoms with van der Waals surface area (Å²) in [5, 5.41) is 3.11. The molecule has 1 aromatic heterocycles. The molecule has 0 unspecified atom stereocenters. The Morgan fingerprint density at radius 2 is 1.86 bits per heavy atom. The quantitative estimate of drug-likeness (QED) is 0.604. The fourth-order valence-corrected chi connectivity index (χ4v) is 6.08. The van der Waals surface area contributed by atoms with E-state index in [1.165, 1.54) is 25.3 Å². The highest BCUT2D eigenvalue weighted by atomic mass is 32.2. The minimum Gasteiger partial charge on any atom is -0.477 e. The van der Waals surface area contributed by atoms with Gasteiger partial charge in [0, 0.05) is 39.0 Å². The van der Waals surface area contributed by atoms with Crippen molar-refractivity contribution in [2.45, 2.75) is 68.4 Å². The number of ether oxygens (including phenoxy) is 1. The molecule has 9 heteroatoms. The van der Waals surface area contributed by atoms with Crippen molar-refractivity contribution in [1.82, 2.24) is 15.0 Å². The fourth-order valence-electron chi connectivity index (χ4n) is 5.07. The first-order chi connectivity index (χ1) is 16.9. The molecule has 1 aromatic carbocycles. The minimum atomic E-state index is -4.13. The SMILES string of the molecule is Cc1ccc(C2CCCCC2)c(OC2(C(=O)NS(=O)(=O)c3cccc(N4CCNCC4)n3)CC2)c1. The molecular formula is C26H34N4O4S. The van der Waals surface area contributed by atoms with E-state index in [-0.39, 0.29) is 5.03 Å². The van der Waals surface area contributed by atoms with E-state index in [4.69, 9.17) is 4.74 Å². The lowest BCUT2D eigenvalue weighted by molar-refractivity contribution is -0.128. The number of rotatable bonds is 7. The van der Waals surface area contributed by atoms with Crippen molar-refractivity contribution in [3.8, 4) is 5.75 Å². The molecule has 5 rings (SSSR count). The highest BCUT2D eigenvalue weighted by molar-refractivity contribution is 7.90. The highest BCUT2D eigenvalue weighted by Gasteiger charge is 2.54. The van der Waals surface area contributed by atoms with Crippen molar-refractivity contribution in [2.75, 3.05) is 31.1 Å². The highest BCUT2D eigenvalue weighted by Crippen LogP contribution is 2.45. The number of nitrogens with zero attached hydrogens (tertiary/aromatic N) is 2. The maximum absolute atomic E-state index is 13.2. The topological polar surface area (TPSA) is 101 Å².